The van der Waals surface area contributed by atoms with Crippen molar-refractivity contribution in [1.29, 1.82) is 0 Å². The number of halogens is 4. The summed E-state index contributed by atoms with van der Waals surface area (Å²) in [5, 5.41) is 8.89. The Hall–Kier alpha value is -4.67. The molecule has 2 amide bonds. The lowest BCUT2D eigenvalue weighted by Gasteiger charge is -2.14. The highest BCUT2D eigenvalue weighted by molar-refractivity contribution is 5.94. The first kappa shape index (κ1) is 28.8. The Morgan fingerprint density at radius 1 is 0.976 bits per heavy atom. The minimum atomic E-state index is -4.64. The van der Waals surface area contributed by atoms with Crippen LogP contribution in [0.2, 0.25) is 0 Å². The summed E-state index contributed by atoms with van der Waals surface area (Å²) < 4.78 is 63.7. The number of carbonyl (C=O) groups is 2. The van der Waals surface area contributed by atoms with Gasteiger partial charge in [0.25, 0.3) is 0 Å². The fraction of sp³-hybridized carbons (Fsp3) is 0.258. The van der Waals surface area contributed by atoms with Gasteiger partial charge in [0.05, 0.1) is 17.6 Å². The van der Waals surface area contributed by atoms with Crippen molar-refractivity contribution >= 4 is 17.7 Å². The van der Waals surface area contributed by atoms with Gasteiger partial charge in [0.1, 0.15) is 17.2 Å². The lowest BCUT2D eigenvalue weighted by Crippen LogP contribution is -2.29. The van der Waals surface area contributed by atoms with Gasteiger partial charge in [-0.05, 0) is 61.6 Å². The number of aryl methyl sites for hydroxylation is 1. The fourth-order valence-corrected chi connectivity index (χ4v) is 4.73. The first-order valence-electron chi connectivity index (χ1n) is 13.3. The van der Waals surface area contributed by atoms with Gasteiger partial charge in [-0.25, -0.2) is 9.18 Å². The third-order valence-corrected chi connectivity index (χ3v) is 7.25. The van der Waals surface area contributed by atoms with E-state index in [1.807, 2.05) is 36.4 Å². The van der Waals surface area contributed by atoms with Crippen molar-refractivity contribution in [2.75, 3.05) is 11.9 Å². The fourth-order valence-electron chi connectivity index (χ4n) is 4.73. The van der Waals surface area contributed by atoms with Crippen molar-refractivity contribution in [2.24, 2.45) is 0 Å². The zero-order valence-electron chi connectivity index (χ0n) is 22.8. The number of alkyl halides is 3. The highest BCUT2D eigenvalue weighted by Crippen LogP contribution is 2.49. The van der Waals surface area contributed by atoms with Crippen molar-refractivity contribution in [3.05, 3.63) is 94.9 Å². The summed E-state index contributed by atoms with van der Waals surface area (Å²) >= 11 is 0. The summed E-state index contributed by atoms with van der Waals surface area (Å²) in [4.78, 5) is 25.0. The Morgan fingerprint density at radius 2 is 1.60 bits per heavy atom. The molecule has 2 N–H and O–H groups in total. The van der Waals surface area contributed by atoms with Crippen LogP contribution in [0.5, 0.6) is 0 Å². The largest absolute Gasteiger partial charge is 0.465 e. The van der Waals surface area contributed by atoms with E-state index in [1.54, 1.807) is 26.0 Å². The summed E-state index contributed by atoms with van der Waals surface area (Å²) in [5.74, 6) is -0.781. The van der Waals surface area contributed by atoms with E-state index in [1.165, 1.54) is 0 Å². The number of nitrogens with zero attached hydrogens (tertiary/aromatic N) is 1. The smallest absolute Gasteiger partial charge is 0.416 e. The molecule has 1 fully saturated rings. The maximum atomic E-state index is 14.0. The summed E-state index contributed by atoms with van der Waals surface area (Å²) in [6.45, 7) is 3.29. The van der Waals surface area contributed by atoms with Gasteiger partial charge in [-0.1, -0.05) is 53.7 Å². The molecule has 3 aromatic carbocycles. The van der Waals surface area contributed by atoms with Crippen molar-refractivity contribution in [1.82, 2.24) is 10.5 Å². The second-order valence-electron chi connectivity index (χ2n) is 10.0. The zero-order valence-corrected chi connectivity index (χ0v) is 22.8. The Bertz CT molecular complexity index is 1610. The van der Waals surface area contributed by atoms with Crippen LogP contribution in [0, 0.1) is 12.7 Å². The molecule has 5 rings (SSSR count). The number of benzene rings is 3. The zero-order chi connectivity index (χ0) is 30.1. The monoisotopic (exact) mass is 581 g/mol. The van der Waals surface area contributed by atoms with E-state index in [-0.39, 0.29) is 23.0 Å². The van der Waals surface area contributed by atoms with Crippen molar-refractivity contribution in [3.8, 4) is 22.5 Å². The second kappa shape index (κ2) is 11.3. The number of nitrogens with one attached hydrogen (secondary N) is 2. The van der Waals surface area contributed by atoms with E-state index in [4.69, 9.17) is 9.26 Å². The average molecular weight is 582 g/mol. The van der Waals surface area contributed by atoms with Crippen LogP contribution in [0.1, 0.15) is 42.1 Å². The molecule has 0 radical (unpaired) electrons. The minimum Gasteiger partial charge on any atom is -0.465 e. The molecule has 1 aliphatic rings. The molecule has 4 aromatic rings. The van der Waals surface area contributed by atoms with Gasteiger partial charge in [0.2, 0.25) is 0 Å². The van der Waals surface area contributed by atoms with Crippen LogP contribution in [-0.2, 0) is 27.7 Å². The number of esters is 1. The molecule has 0 bridgehead atoms. The van der Waals surface area contributed by atoms with Crippen molar-refractivity contribution in [3.63, 3.8) is 0 Å². The molecule has 11 heteroatoms. The van der Waals surface area contributed by atoms with Crippen LogP contribution in [-0.4, -0.2) is 23.8 Å². The van der Waals surface area contributed by atoms with E-state index in [2.05, 4.69) is 15.8 Å². The molecule has 7 nitrogen and oxygen atoms in total. The van der Waals surface area contributed by atoms with Gasteiger partial charge >= 0.3 is 18.2 Å². The Balaban J connectivity index is 1.26. The van der Waals surface area contributed by atoms with Crippen LogP contribution >= 0.6 is 0 Å². The van der Waals surface area contributed by atoms with Gasteiger partial charge in [-0.15, -0.1) is 0 Å². The highest BCUT2D eigenvalue weighted by Gasteiger charge is 2.52. The number of aromatic nitrogens is 1. The molecule has 1 saturated carbocycles. The third kappa shape index (κ3) is 5.86. The van der Waals surface area contributed by atoms with Gasteiger partial charge < -0.3 is 19.9 Å². The van der Waals surface area contributed by atoms with E-state index in [0.717, 1.165) is 29.5 Å². The minimum absolute atomic E-state index is 0.189. The molecule has 0 unspecified atom stereocenters. The Labute approximate surface area is 238 Å². The number of ether oxygens (including phenoxy) is 1. The molecule has 42 heavy (non-hydrogen) atoms. The first-order chi connectivity index (χ1) is 20.0. The molecular weight excluding hydrogens is 554 g/mol. The molecular formula is C31H27F4N3O4. The van der Waals surface area contributed by atoms with E-state index >= 15 is 0 Å². The van der Waals surface area contributed by atoms with E-state index in [0.29, 0.717) is 36.1 Å². The quantitative estimate of drug-likeness (QED) is 0.167. The van der Waals surface area contributed by atoms with Crippen molar-refractivity contribution < 1.29 is 36.4 Å². The van der Waals surface area contributed by atoms with E-state index in [9.17, 15) is 27.2 Å². The Morgan fingerprint density at radius 3 is 2.19 bits per heavy atom. The lowest BCUT2D eigenvalue weighted by molar-refractivity contribution is -0.146. The summed E-state index contributed by atoms with van der Waals surface area (Å²) in [7, 11) is 0. The van der Waals surface area contributed by atoms with Crippen molar-refractivity contribution in [2.45, 2.75) is 44.8 Å². The summed E-state index contributed by atoms with van der Waals surface area (Å²) in [5.41, 5.74) is 2.19. The van der Waals surface area contributed by atoms with Crippen LogP contribution in [0.4, 0.5) is 28.0 Å². The summed E-state index contributed by atoms with van der Waals surface area (Å²) in [6, 6.07) is 16.4. The van der Waals surface area contributed by atoms with Gasteiger partial charge in [0.15, 0.2) is 5.76 Å². The normalized spacial score (nSPS) is 13.9. The summed E-state index contributed by atoms with van der Waals surface area (Å²) in [6.07, 6.45) is -3.10. The van der Waals surface area contributed by atoms with Crippen LogP contribution in [0.3, 0.4) is 0 Å². The molecule has 1 heterocycles. The number of hydrogen-bond acceptors (Lipinski definition) is 5. The number of rotatable bonds is 8. The number of hydrogen-bond donors (Lipinski definition) is 2. The van der Waals surface area contributed by atoms with Crippen LogP contribution in [0.15, 0.2) is 71.3 Å². The van der Waals surface area contributed by atoms with Crippen LogP contribution in [0.25, 0.3) is 22.5 Å². The lowest BCUT2D eigenvalue weighted by atomic mass is 9.93. The number of urea groups is 1. The standard InChI is InChI=1S/C31H27F4N3O4/c1-3-41-28(39)30(14-15-30)23-10-8-20(9-11-23)19-4-6-21(7-5-19)27-26(18(2)38-42-27)37-29(40)36-17-22-16-24(31(33,34)35)12-13-25(22)32/h4-13,16H,3,14-15,17H2,1-2H3,(H2,36,37,40). The van der Waals surface area contributed by atoms with Gasteiger partial charge in [-0.2, -0.15) is 13.2 Å². The first-order valence-corrected chi connectivity index (χ1v) is 13.3. The number of anilines is 1. The van der Waals surface area contributed by atoms with Gasteiger partial charge in [0, 0.05) is 17.7 Å². The molecule has 1 aromatic heterocycles. The molecule has 218 valence electrons. The maximum Gasteiger partial charge on any atom is 0.416 e. The molecule has 0 atom stereocenters. The SMILES string of the molecule is CCOC(=O)C1(c2ccc(-c3ccc(-c4onc(C)c4NC(=O)NCc4cc(C(F)(F)F)ccc4F)cc3)cc2)CC1. The predicted molar refractivity (Wildman–Crippen MR) is 147 cm³/mol. The molecule has 0 spiro atoms. The van der Waals surface area contributed by atoms with E-state index < -0.39 is 35.5 Å². The molecule has 0 aliphatic heterocycles. The maximum absolute atomic E-state index is 14.0. The van der Waals surface area contributed by atoms with Crippen LogP contribution < -0.4 is 10.6 Å². The average Bonchev–Trinajstić information content (AvgIpc) is 3.71. The second-order valence-corrected chi connectivity index (χ2v) is 10.0. The number of amides is 2. The highest BCUT2D eigenvalue weighted by atomic mass is 19.4. The Kier molecular flexibility index (Phi) is 7.77. The molecule has 0 saturated heterocycles. The topological polar surface area (TPSA) is 93.5 Å². The van der Waals surface area contributed by atoms with Gasteiger partial charge in [-0.3, -0.25) is 4.79 Å². The third-order valence-electron chi connectivity index (χ3n) is 7.25. The molecule has 1 aliphatic carbocycles. The predicted octanol–water partition coefficient (Wildman–Crippen LogP) is 7.39. The number of carbonyl (C=O) groups excluding carboxylic acids is 2.